The highest BCUT2D eigenvalue weighted by atomic mass is 14.7. The lowest BCUT2D eigenvalue weighted by molar-refractivity contribution is 0.725. The Balaban J connectivity index is 1.95. The van der Waals surface area contributed by atoms with Gasteiger partial charge in [-0.05, 0) is 79.3 Å². The van der Waals surface area contributed by atoms with Crippen molar-refractivity contribution < 1.29 is 0 Å². The molecule has 0 bridgehead atoms. The van der Waals surface area contributed by atoms with Crippen molar-refractivity contribution >= 4 is 5.57 Å². The van der Waals surface area contributed by atoms with Gasteiger partial charge in [0.1, 0.15) is 0 Å². The van der Waals surface area contributed by atoms with Gasteiger partial charge in [0, 0.05) is 11.9 Å². The third-order valence-electron chi connectivity index (χ3n) is 4.92. The average Bonchev–Trinajstić information content (AvgIpc) is 2.62. The first kappa shape index (κ1) is 18.4. The van der Waals surface area contributed by atoms with Crippen LogP contribution in [0.2, 0.25) is 0 Å². The van der Waals surface area contributed by atoms with Crippen LogP contribution in [-0.2, 0) is 6.42 Å². The number of hydrogen-bond acceptors (Lipinski definition) is 1. The predicted octanol–water partition coefficient (Wildman–Crippen LogP) is 6.72. The van der Waals surface area contributed by atoms with E-state index in [2.05, 4.69) is 75.2 Å². The number of nitrogens with zero attached hydrogens (tertiary/aromatic N) is 1. The molecule has 1 aromatic carbocycles. The third kappa shape index (κ3) is 5.06. The molecule has 0 aliphatic heterocycles. The van der Waals surface area contributed by atoms with Gasteiger partial charge in [0.05, 0.1) is 0 Å². The van der Waals surface area contributed by atoms with Crippen LogP contribution >= 0.6 is 0 Å². The van der Waals surface area contributed by atoms with Crippen molar-refractivity contribution in [2.75, 3.05) is 0 Å². The molecule has 0 fully saturated rings. The largest absolute Gasteiger partial charge is 0.261 e. The molecule has 2 aromatic rings. The van der Waals surface area contributed by atoms with E-state index in [1.54, 1.807) is 0 Å². The van der Waals surface area contributed by atoms with E-state index in [1.807, 2.05) is 6.20 Å². The summed E-state index contributed by atoms with van der Waals surface area (Å²) in [5.41, 5.74) is 6.89. The molecule has 0 radical (unpaired) electrons. The number of aryl methyl sites for hydroxylation is 2. The Morgan fingerprint density at radius 3 is 2.67 bits per heavy atom. The summed E-state index contributed by atoms with van der Waals surface area (Å²) in [6, 6.07) is 13.1. The van der Waals surface area contributed by atoms with Crippen molar-refractivity contribution in [3.05, 3.63) is 71.1 Å². The molecular weight excluding hydrogens is 290 g/mol. The molecule has 0 saturated heterocycles. The molecule has 0 spiro atoms. The van der Waals surface area contributed by atoms with Crippen LogP contribution in [-0.4, -0.2) is 4.98 Å². The van der Waals surface area contributed by atoms with Crippen molar-refractivity contribution in [1.82, 2.24) is 4.98 Å². The van der Waals surface area contributed by atoms with E-state index in [0.29, 0.717) is 5.92 Å². The van der Waals surface area contributed by atoms with Crippen molar-refractivity contribution in [3.8, 4) is 0 Å². The number of pyridine rings is 1. The first-order valence-electron chi connectivity index (χ1n) is 9.35. The maximum atomic E-state index is 4.54. The Morgan fingerprint density at radius 1 is 1.17 bits per heavy atom. The second-order valence-corrected chi connectivity index (χ2v) is 6.68. The summed E-state index contributed by atoms with van der Waals surface area (Å²) in [4.78, 5) is 4.54. The van der Waals surface area contributed by atoms with Gasteiger partial charge in [0.25, 0.3) is 0 Å². The number of hydrogen-bond donors (Lipinski definition) is 0. The molecule has 1 atom stereocenters. The highest BCUT2D eigenvalue weighted by Crippen LogP contribution is 2.23. The Hall–Kier alpha value is -1.89. The van der Waals surface area contributed by atoms with Crippen LogP contribution in [0.5, 0.6) is 0 Å². The van der Waals surface area contributed by atoms with Gasteiger partial charge in [-0.1, -0.05) is 51.1 Å². The van der Waals surface area contributed by atoms with Crippen LogP contribution in [0.4, 0.5) is 0 Å². The van der Waals surface area contributed by atoms with E-state index in [0.717, 1.165) is 25.7 Å². The lowest BCUT2D eigenvalue weighted by atomic mass is 9.96. The fourth-order valence-corrected chi connectivity index (χ4v) is 3.11. The number of benzene rings is 1. The number of aromatic nitrogens is 1. The first-order chi connectivity index (χ1) is 11.7. The highest BCUT2D eigenvalue weighted by molar-refractivity contribution is 5.67. The Labute approximate surface area is 147 Å². The smallest absolute Gasteiger partial charge is 0.0406 e. The maximum Gasteiger partial charge on any atom is 0.0406 e. The van der Waals surface area contributed by atoms with Crippen LogP contribution in [0, 0.1) is 6.92 Å². The molecule has 0 aliphatic rings. The molecule has 0 amide bonds. The number of rotatable bonds is 8. The minimum Gasteiger partial charge on any atom is -0.261 e. The molecule has 0 saturated carbocycles. The quantitative estimate of drug-likeness (QED) is 0.492. The van der Waals surface area contributed by atoms with Crippen molar-refractivity contribution in [3.63, 3.8) is 0 Å². The SMILES string of the molecule is CC/C(=C\CCCc1cc(C(C)CC)ccn1)c1ccccc1C. The Morgan fingerprint density at radius 2 is 1.96 bits per heavy atom. The summed E-state index contributed by atoms with van der Waals surface area (Å²) in [6.07, 6.45) is 10.00. The average molecular weight is 322 g/mol. The van der Waals surface area contributed by atoms with Gasteiger partial charge in [-0.3, -0.25) is 4.98 Å². The van der Waals surface area contributed by atoms with E-state index < -0.39 is 0 Å². The highest BCUT2D eigenvalue weighted by Gasteiger charge is 2.05. The van der Waals surface area contributed by atoms with E-state index in [-0.39, 0.29) is 0 Å². The molecule has 128 valence electrons. The van der Waals surface area contributed by atoms with Gasteiger partial charge in [-0.25, -0.2) is 0 Å². The zero-order valence-electron chi connectivity index (χ0n) is 15.7. The van der Waals surface area contributed by atoms with E-state index in [9.17, 15) is 0 Å². The minimum absolute atomic E-state index is 0.624. The van der Waals surface area contributed by atoms with Crippen LogP contribution in [0.15, 0.2) is 48.7 Å². The second kappa shape index (κ2) is 9.42. The third-order valence-corrected chi connectivity index (χ3v) is 4.92. The lowest BCUT2D eigenvalue weighted by Gasteiger charge is -2.10. The monoisotopic (exact) mass is 321 g/mol. The number of allylic oxidation sites excluding steroid dienone is 2. The fraction of sp³-hybridized carbons (Fsp3) is 0.435. The minimum atomic E-state index is 0.624. The van der Waals surface area contributed by atoms with Crippen molar-refractivity contribution in [1.29, 1.82) is 0 Å². The Kier molecular flexibility index (Phi) is 7.24. The predicted molar refractivity (Wildman–Crippen MR) is 105 cm³/mol. The van der Waals surface area contributed by atoms with Crippen LogP contribution in [0.3, 0.4) is 0 Å². The zero-order valence-corrected chi connectivity index (χ0v) is 15.7. The fourth-order valence-electron chi connectivity index (χ4n) is 3.11. The molecule has 1 heterocycles. The van der Waals surface area contributed by atoms with Gasteiger partial charge in [0.15, 0.2) is 0 Å². The Bertz CT molecular complexity index is 669. The topological polar surface area (TPSA) is 12.9 Å². The molecular formula is C23H31N. The maximum absolute atomic E-state index is 4.54. The molecule has 0 aliphatic carbocycles. The summed E-state index contributed by atoms with van der Waals surface area (Å²) in [7, 11) is 0. The van der Waals surface area contributed by atoms with Gasteiger partial charge in [-0.15, -0.1) is 0 Å². The van der Waals surface area contributed by atoms with Crippen molar-refractivity contribution in [2.24, 2.45) is 0 Å². The molecule has 2 rings (SSSR count). The van der Waals surface area contributed by atoms with Crippen LogP contribution < -0.4 is 0 Å². The lowest BCUT2D eigenvalue weighted by Crippen LogP contribution is -1.96. The summed E-state index contributed by atoms with van der Waals surface area (Å²) in [5, 5.41) is 0. The summed E-state index contributed by atoms with van der Waals surface area (Å²) < 4.78 is 0. The second-order valence-electron chi connectivity index (χ2n) is 6.68. The van der Waals surface area contributed by atoms with E-state index in [4.69, 9.17) is 0 Å². The van der Waals surface area contributed by atoms with Gasteiger partial charge >= 0.3 is 0 Å². The molecule has 0 N–H and O–H groups in total. The van der Waals surface area contributed by atoms with Gasteiger partial charge in [-0.2, -0.15) is 0 Å². The molecule has 1 nitrogen and oxygen atoms in total. The summed E-state index contributed by atoms with van der Waals surface area (Å²) in [6.45, 7) is 8.98. The standard InChI is InChI=1S/C23H31N/c1-5-18(3)21-15-16-24-22(17-21)13-9-8-12-20(6-2)23-14-10-7-11-19(23)4/h7,10-12,14-18H,5-6,8-9,13H2,1-4H3/b20-12+. The number of unbranched alkanes of at least 4 members (excludes halogenated alkanes) is 1. The normalized spacial score (nSPS) is 13.1. The molecule has 1 unspecified atom stereocenters. The van der Waals surface area contributed by atoms with Gasteiger partial charge < -0.3 is 0 Å². The summed E-state index contributed by atoms with van der Waals surface area (Å²) >= 11 is 0. The first-order valence-corrected chi connectivity index (χ1v) is 9.35. The van der Waals surface area contributed by atoms with Crippen LogP contribution in [0.1, 0.15) is 74.8 Å². The molecule has 24 heavy (non-hydrogen) atoms. The van der Waals surface area contributed by atoms with E-state index in [1.165, 1.54) is 34.4 Å². The molecule has 1 heteroatoms. The van der Waals surface area contributed by atoms with Gasteiger partial charge in [0.2, 0.25) is 0 Å². The van der Waals surface area contributed by atoms with Crippen LogP contribution in [0.25, 0.3) is 5.57 Å². The zero-order chi connectivity index (χ0) is 17.4. The van der Waals surface area contributed by atoms with Crippen molar-refractivity contribution in [2.45, 2.75) is 65.7 Å². The molecule has 1 aromatic heterocycles. The summed E-state index contributed by atoms with van der Waals surface area (Å²) in [5.74, 6) is 0.624. The van der Waals surface area contributed by atoms with E-state index >= 15 is 0 Å².